The maximum absolute atomic E-state index is 13.4. The number of aromatic nitrogens is 5. The third-order valence-corrected chi connectivity index (χ3v) is 8.71. The lowest BCUT2D eigenvalue weighted by Crippen LogP contribution is -2.41. The maximum Gasteiger partial charge on any atom is 0.344 e. The van der Waals surface area contributed by atoms with Crippen molar-refractivity contribution in [3.8, 4) is 11.3 Å². The average molecular weight is 596 g/mol. The van der Waals surface area contributed by atoms with E-state index in [9.17, 15) is 4.79 Å². The highest BCUT2D eigenvalue weighted by Crippen LogP contribution is 2.33. The SMILES string of the molecule is CO[C@H]1CC[C@@H]1OC(=O)c1cnn2c(N(C)Cc3ccccc3)cc(-c3cn(CCN4CCOCC4)c4ncccc34)nc12. The van der Waals surface area contributed by atoms with Crippen LogP contribution < -0.4 is 4.90 Å². The molecule has 5 aromatic rings. The predicted molar refractivity (Wildman–Crippen MR) is 167 cm³/mol. The van der Waals surface area contributed by atoms with E-state index in [4.69, 9.17) is 24.2 Å². The van der Waals surface area contributed by atoms with Crippen molar-refractivity contribution >= 4 is 28.5 Å². The Morgan fingerprint density at radius 2 is 1.86 bits per heavy atom. The van der Waals surface area contributed by atoms with Gasteiger partial charge in [-0.25, -0.2) is 14.8 Å². The van der Waals surface area contributed by atoms with Gasteiger partial charge in [0.1, 0.15) is 23.1 Å². The standard InChI is InChI=1S/C33H37N7O4/c1-37(21-23-7-4-3-5-8-23)30-19-27(36-32-25(20-35-40(30)32)33(41)44-29-11-10-28(29)42-2)26-22-39(31-24(26)9-6-12-34-31)14-13-38-15-17-43-18-16-38/h3-9,12,19-20,22,28-29H,10-11,13-18,21H2,1-2H3/t28-,29-/m0/s1. The van der Waals surface area contributed by atoms with Gasteiger partial charge in [-0.2, -0.15) is 9.61 Å². The van der Waals surface area contributed by atoms with Crippen molar-refractivity contribution in [1.82, 2.24) is 29.0 Å². The number of morpholine rings is 1. The van der Waals surface area contributed by atoms with Crippen molar-refractivity contribution in [3.63, 3.8) is 0 Å². The Balaban J connectivity index is 1.29. The number of nitrogens with zero attached hydrogens (tertiary/aromatic N) is 7. The lowest BCUT2D eigenvalue weighted by molar-refractivity contribution is -0.0876. The van der Waals surface area contributed by atoms with Gasteiger partial charge in [0.15, 0.2) is 5.65 Å². The summed E-state index contributed by atoms with van der Waals surface area (Å²) in [4.78, 5) is 27.8. The van der Waals surface area contributed by atoms with Crippen LogP contribution in [0.2, 0.25) is 0 Å². The molecule has 1 aromatic carbocycles. The van der Waals surface area contributed by atoms with Gasteiger partial charge in [-0.15, -0.1) is 0 Å². The molecule has 0 bridgehead atoms. The number of hydrogen-bond acceptors (Lipinski definition) is 9. The van der Waals surface area contributed by atoms with Crippen LogP contribution in [0.5, 0.6) is 0 Å². The van der Waals surface area contributed by atoms with E-state index in [1.165, 1.54) is 0 Å². The third kappa shape index (κ3) is 5.54. The molecule has 0 N–H and O–H groups in total. The fraction of sp³-hybridized carbons (Fsp3) is 0.394. The molecule has 4 aromatic heterocycles. The Kier molecular flexibility index (Phi) is 7.99. The molecule has 1 saturated heterocycles. The van der Waals surface area contributed by atoms with E-state index in [0.29, 0.717) is 17.8 Å². The minimum Gasteiger partial charge on any atom is -0.456 e. The largest absolute Gasteiger partial charge is 0.456 e. The van der Waals surface area contributed by atoms with Gasteiger partial charge in [-0.05, 0) is 30.5 Å². The van der Waals surface area contributed by atoms with Crippen molar-refractivity contribution in [1.29, 1.82) is 0 Å². The zero-order chi connectivity index (χ0) is 30.0. The molecular weight excluding hydrogens is 558 g/mol. The molecule has 44 heavy (non-hydrogen) atoms. The molecule has 5 heterocycles. The molecular formula is C33H37N7O4. The first-order valence-electron chi connectivity index (χ1n) is 15.2. The molecule has 0 radical (unpaired) electrons. The molecule has 2 aliphatic rings. The van der Waals surface area contributed by atoms with Crippen molar-refractivity contribution < 1.29 is 19.0 Å². The van der Waals surface area contributed by atoms with Crippen molar-refractivity contribution in [2.24, 2.45) is 0 Å². The summed E-state index contributed by atoms with van der Waals surface area (Å²) in [5.74, 6) is 0.368. The van der Waals surface area contributed by atoms with Crippen LogP contribution >= 0.6 is 0 Å². The molecule has 1 saturated carbocycles. The Morgan fingerprint density at radius 3 is 2.64 bits per heavy atom. The number of pyridine rings is 1. The zero-order valence-electron chi connectivity index (χ0n) is 25.1. The summed E-state index contributed by atoms with van der Waals surface area (Å²) in [6.45, 7) is 5.75. The minimum absolute atomic E-state index is 0.0760. The number of esters is 1. The van der Waals surface area contributed by atoms with Crippen LogP contribution in [0.4, 0.5) is 5.82 Å². The molecule has 0 unspecified atom stereocenters. The van der Waals surface area contributed by atoms with E-state index in [2.05, 4.69) is 43.9 Å². The second-order valence-electron chi connectivity index (χ2n) is 11.5. The maximum atomic E-state index is 13.4. The van der Waals surface area contributed by atoms with Gasteiger partial charge in [0, 0.05) is 76.3 Å². The number of carbonyl (C=O) groups excluding carboxylic acids is 1. The van der Waals surface area contributed by atoms with Crippen LogP contribution in [0.15, 0.2) is 67.1 Å². The monoisotopic (exact) mass is 595 g/mol. The van der Waals surface area contributed by atoms with E-state index < -0.39 is 5.97 Å². The van der Waals surface area contributed by atoms with Crippen molar-refractivity contribution in [3.05, 3.63) is 78.2 Å². The Bertz CT molecular complexity index is 1760. The van der Waals surface area contributed by atoms with Gasteiger partial charge in [0.2, 0.25) is 0 Å². The number of anilines is 1. The second-order valence-corrected chi connectivity index (χ2v) is 11.5. The first-order valence-corrected chi connectivity index (χ1v) is 15.2. The van der Waals surface area contributed by atoms with Crippen LogP contribution in [-0.4, -0.2) is 94.2 Å². The Labute approximate surface area is 256 Å². The summed E-state index contributed by atoms with van der Waals surface area (Å²) in [5, 5.41) is 5.63. The molecule has 7 rings (SSSR count). The van der Waals surface area contributed by atoms with Gasteiger partial charge in [0.05, 0.1) is 31.2 Å². The fourth-order valence-electron chi connectivity index (χ4n) is 6.05. The summed E-state index contributed by atoms with van der Waals surface area (Å²) >= 11 is 0. The van der Waals surface area contributed by atoms with Crippen LogP contribution in [0, 0.1) is 0 Å². The summed E-state index contributed by atoms with van der Waals surface area (Å²) in [6, 6.07) is 16.3. The van der Waals surface area contributed by atoms with Crippen LogP contribution in [0.1, 0.15) is 28.8 Å². The molecule has 0 amide bonds. The lowest BCUT2D eigenvalue weighted by atomic mass is 9.92. The normalized spacial score (nSPS) is 18.9. The van der Waals surface area contributed by atoms with Crippen LogP contribution in [0.3, 0.4) is 0 Å². The summed E-state index contributed by atoms with van der Waals surface area (Å²) in [6.07, 6.45) is 6.83. The van der Waals surface area contributed by atoms with E-state index >= 15 is 0 Å². The highest BCUT2D eigenvalue weighted by Gasteiger charge is 2.35. The molecule has 1 aliphatic heterocycles. The van der Waals surface area contributed by atoms with Gasteiger partial charge >= 0.3 is 5.97 Å². The molecule has 1 aliphatic carbocycles. The molecule has 11 nitrogen and oxygen atoms in total. The zero-order valence-corrected chi connectivity index (χ0v) is 25.1. The first-order chi connectivity index (χ1) is 21.6. The number of carbonyl (C=O) groups is 1. The number of rotatable bonds is 10. The molecule has 11 heteroatoms. The summed E-state index contributed by atoms with van der Waals surface area (Å²) in [7, 11) is 3.67. The number of methoxy groups -OCH3 is 1. The Morgan fingerprint density at radius 1 is 1.05 bits per heavy atom. The molecule has 2 atom stereocenters. The predicted octanol–water partition coefficient (Wildman–Crippen LogP) is 4.05. The van der Waals surface area contributed by atoms with Gasteiger partial charge in [0.25, 0.3) is 0 Å². The molecule has 0 spiro atoms. The summed E-state index contributed by atoms with van der Waals surface area (Å²) < 4.78 is 20.8. The van der Waals surface area contributed by atoms with E-state index in [1.807, 2.05) is 43.6 Å². The molecule has 2 fully saturated rings. The number of benzene rings is 1. The fourth-order valence-corrected chi connectivity index (χ4v) is 6.05. The first kappa shape index (κ1) is 28.5. The molecule has 228 valence electrons. The topological polar surface area (TPSA) is 99.2 Å². The highest BCUT2D eigenvalue weighted by molar-refractivity contribution is 5.98. The second kappa shape index (κ2) is 12.4. The van der Waals surface area contributed by atoms with Crippen molar-refractivity contribution in [2.75, 3.05) is 51.9 Å². The third-order valence-electron chi connectivity index (χ3n) is 8.71. The quantitative estimate of drug-likeness (QED) is 0.222. The van der Waals surface area contributed by atoms with Crippen LogP contribution in [0.25, 0.3) is 27.9 Å². The minimum atomic E-state index is -0.442. The number of ether oxygens (including phenoxy) is 3. The number of hydrogen-bond donors (Lipinski definition) is 0. The highest BCUT2D eigenvalue weighted by atomic mass is 16.6. The van der Waals surface area contributed by atoms with Gasteiger partial charge in [-0.1, -0.05) is 30.3 Å². The smallest absolute Gasteiger partial charge is 0.344 e. The van der Waals surface area contributed by atoms with Gasteiger partial charge in [-0.3, -0.25) is 4.90 Å². The van der Waals surface area contributed by atoms with E-state index in [1.54, 1.807) is 17.8 Å². The van der Waals surface area contributed by atoms with Gasteiger partial charge < -0.3 is 23.7 Å². The van der Waals surface area contributed by atoms with E-state index in [0.717, 1.165) is 85.9 Å². The van der Waals surface area contributed by atoms with Crippen molar-refractivity contribution in [2.45, 2.75) is 38.1 Å². The Hall–Kier alpha value is -4.32. The average Bonchev–Trinajstić information content (AvgIpc) is 3.65. The number of fused-ring (bicyclic) bond motifs is 2. The van der Waals surface area contributed by atoms with E-state index in [-0.39, 0.29) is 12.2 Å². The van der Waals surface area contributed by atoms with Crippen LogP contribution in [-0.2, 0) is 27.3 Å². The summed E-state index contributed by atoms with van der Waals surface area (Å²) in [5.41, 5.74) is 4.54. The lowest BCUT2D eigenvalue weighted by Gasteiger charge is -2.34.